The Labute approximate surface area is 119 Å². The van der Waals surface area contributed by atoms with E-state index >= 15 is 0 Å². The van der Waals surface area contributed by atoms with Gasteiger partial charge in [0.05, 0.1) is 12.2 Å². The van der Waals surface area contributed by atoms with Gasteiger partial charge in [0.1, 0.15) is 0 Å². The fourth-order valence-electron chi connectivity index (χ4n) is 2.69. The third-order valence-corrected chi connectivity index (χ3v) is 3.83. The number of aliphatic imine (C=N–C) groups is 1. The van der Waals surface area contributed by atoms with Crippen LogP contribution in [0.25, 0.3) is 10.8 Å². The van der Waals surface area contributed by atoms with E-state index in [4.69, 9.17) is 5.73 Å². The Kier molecular flexibility index (Phi) is 3.81. The van der Waals surface area contributed by atoms with Crippen LogP contribution >= 0.6 is 0 Å². The van der Waals surface area contributed by atoms with Crippen molar-refractivity contribution in [1.29, 1.82) is 0 Å². The predicted molar refractivity (Wildman–Crippen MR) is 82.5 cm³/mol. The second-order valence-electron chi connectivity index (χ2n) is 5.20. The van der Waals surface area contributed by atoms with Gasteiger partial charge in [-0.1, -0.05) is 24.3 Å². The topological polar surface area (TPSA) is 54.5 Å². The molecule has 4 heteroatoms. The Morgan fingerprint density at radius 2 is 1.95 bits per heavy atom. The van der Waals surface area contributed by atoms with Crippen LogP contribution in [0.5, 0.6) is 0 Å². The molecule has 20 heavy (non-hydrogen) atoms. The molecule has 2 heterocycles. The number of hydrogen-bond acceptors (Lipinski definition) is 2. The van der Waals surface area contributed by atoms with Gasteiger partial charge in [0.15, 0.2) is 5.96 Å². The van der Waals surface area contributed by atoms with Crippen LogP contribution in [0, 0.1) is 0 Å². The largest absolute Gasteiger partial charge is 0.370 e. The number of likely N-dealkylation sites (tertiary alicyclic amines) is 1. The van der Waals surface area contributed by atoms with Crippen molar-refractivity contribution in [1.82, 2.24) is 9.88 Å². The van der Waals surface area contributed by atoms with E-state index in [1.54, 1.807) is 0 Å². The second kappa shape index (κ2) is 5.90. The van der Waals surface area contributed by atoms with Crippen LogP contribution in [0.2, 0.25) is 0 Å². The van der Waals surface area contributed by atoms with Crippen molar-refractivity contribution in [2.75, 3.05) is 13.1 Å². The normalized spacial score (nSPS) is 16.6. The summed E-state index contributed by atoms with van der Waals surface area (Å²) in [6, 6.07) is 10.3. The molecule has 0 spiro atoms. The van der Waals surface area contributed by atoms with Gasteiger partial charge in [0, 0.05) is 24.7 Å². The maximum Gasteiger partial charge on any atom is 0.191 e. The first-order valence-electron chi connectivity index (χ1n) is 7.22. The average molecular weight is 268 g/mol. The van der Waals surface area contributed by atoms with Crippen molar-refractivity contribution < 1.29 is 0 Å². The molecular weight excluding hydrogens is 248 g/mol. The number of nitrogens with zero attached hydrogens (tertiary/aromatic N) is 3. The van der Waals surface area contributed by atoms with Gasteiger partial charge < -0.3 is 10.6 Å². The van der Waals surface area contributed by atoms with Gasteiger partial charge in [-0.2, -0.15) is 0 Å². The summed E-state index contributed by atoms with van der Waals surface area (Å²) < 4.78 is 0. The van der Waals surface area contributed by atoms with E-state index in [2.05, 4.69) is 27.0 Å². The molecular formula is C16H20N4. The summed E-state index contributed by atoms with van der Waals surface area (Å²) in [5.41, 5.74) is 7.08. The molecule has 1 aromatic carbocycles. The standard InChI is InChI=1S/C16H20N4/c17-16(20-10-4-1-5-11-20)19-12-15-14-7-3-2-6-13(14)8-9-18-15/h2-3,6-9H,1,4-5,10-12H2,(H2,17,19). The first-order chi connectivity index (χ1) is 9.84. The zero-order valence-electron chi connectivity index (χ0n) is 11.6. The Balaban J connectivity index is 1.79. The van der Waals surface area contributed by atoms with Crippen LogP contribution in [0.1, 0.15) is 25.0 Å². The van der Waals surface area contributed by atoms with Crippen molar-refractivity contribution in [3.8, 4) is 0 Å². The predicted octanol–water partition coefficient (Wildman–Crippen LogP) is 2.54. The first-order valence-corrected chi connectivity index (χ1v) is 7.22. The molecule has 0 unspecified atom stereocenters. The number of rotatable bonds is 2. The van der Waals surface area contributed by atoms with E-state index in [0.29, 0.717) is 12.5 Å². The number of piperidine rings is 1. The zero-order valence-corrected chi connectivity index (χ0v) is 11.6. The Bertz CT molecular complexity index is 609. The van der Waals surface area contributed by atoms with Crippen LogP contribution in [0.4, 0.5) is 0 Å². The van der Waals surface area contributed by atoms with Crippen LogP contribution in [-0.2, 0) is 6.54 Å². The Morgan fingerprint density at radius 3 is 2.80 bits per heavy atom. The van der Waals surface area contributed by atoms with Crippen LogP contribution in [0.3, 0.4) is 0 Å². The van der Waals surface area contributed by atoms with Gasteiger partial charge in [-0.3, -0.25) is 4.98 Å². The maximum absolute atomic E-state index is 6.09. The van der Waals surface area contributed by atoms with Gasteiger partial charge in [-0.05, 0) is 30.7 Å². The number of nitrogens with two attached hydrogens (primary N) is 1. The SMILES string of the molecule is NC(=NCc1nccc2ccccc12)N1CCCCC1. The van der Waals surface area contributed by atoms with E-state index in [1.807, 2.05) is 24.4 Å². The van der Waals surface area contributed by atoms with E-state index in [9.17, 15) is 0 Å². The fraction of sp³-hybridized carbons (Fsp3) is 0.375. The van der Waals surface area contributed by atoms with Gasteiger partial charge in [0.25, 0.3) is 0 Å². The molecule has 0 atom stereocenters. The van der Waals surface area contributed by atoms with Crippen LogP contribution < -0.4 is 5.73 Å². The third kappa shape index (κ3) is 2.74. The highest BCUT2D eigenvalue weighted by molar-refractivity contribution is 5.84. The van der Waals surface area contributed by atoms with Crippen molar-refractivity contribution >= 4 is 16.7 Å². The van der Waals surface area contributed by atoms with Gasteiger partial charge in [0.2, 0.25) is 0 Å². The minimum Gasteiger partial charge on any atom is -0.370 e. The minimum absolute atomic E-state index is 0.545. The van der Waals surface area contributed by atoms with Crippen LogP contribution in [0.15, 0.2) is 41.5 Å². The lowest BCUT2D eigenvalue weighted by Crippen LogP contribution is -2.40. The third-order valence-electron chi connectivity index (χ3n) is 3.83. The molecule has 1 aliphatic heterocycles. The summed E-state index contributed by atoms with van der Waals surface area (Å²) >= 11 is 0. The highest BCUT2D eigenvalue weighted by Gasteiger charge is 2.11. The van der Waals surface area contributed by atoms with E-state index in [1.165, 1.54) is 24.6 Å². The summed E-state index contributed by atoms with van der Waals surface area (Å²) in [4.78, 5) is 11.1. The second-order valence-corrected chi connectivity index (χ2v) is 5.20. The molecule has 1 aliphatic rings. The molecule has 104 valence electrons. The van der Waals surface area contributed by atoms with E-state index < -0.39 is 0 Å². The summed E-state index contributed by atoms with van der Waals surface area (Å²) in [6.45, 7) is 2.60. The summed E-state index contributed by atoms with van der Waals surface area (Å²) in [7, 11) is 0. The number of fused-ring (bicyclic) bond motifs is 1. The summed E-state index contributed by atoms with van der Waals surface area (Å²) in [5.74, 6) is 0.652. The molecule has 0 radical (unpaired) electrons. The first kappa shape index (κ1) is 12.9. The van der Waals surface area contributed by atoms with Gasteiger partial charge in [-0.15, -0.1) is 0 Å². The molecule has 1 fully saturated rings. The molecule has 0 bridgehead atoms. The summed E-state index contributed by atoms with van der Waals surface area (Å²) in [5, 5.41) is 2.36. The Hall–Kier alpha value is -2.10. The van der Waals surface area contributed by atoms with Crippen molar-refractivity contribution in [2.24, 2.45) is 10.7 Å². The Morgan fingerprint density at radius 1 is 1.15 bits per heavy atom. The molecule has 4 nitrogen and oxygen atoms in total. The molecule has 0 amide bonds. The quantitative estimate of drug-likeness (QED) is 0.672. The lowest BCUT2D eigenvalue weighted by molar-refractivity contribution is 0.338. The fourth-order valence-corrected chi connectivity index (χ4v) is 2.69. The molecule has 2 aromatic rings. The molecule has 1 aromatic heterocycles. The van der Waals surface area contributed by atoms with Crippen LogP contribution in [-0.4, -0.2) is 28.9 Å². The number of guanidine groups is 1. The average Bonchev–Trinajstić information content (AvgIpc) is 2.53. The van der Waals surface area contributed by atoms with E-state index in [-0.39, 0.29) is 0 Å². The number of pyridine rings is 1. The van der Waals surface area contributed by atoms with Crippen molar-refractivity contribution in [2.45, 2.75) is 25.8 Å². The van der Waals surface area contributed by atoms with Crippen molar-refractivity contribution in [3.63, 3.8) is 0 Å². The molecule has 2 N–H and O–H groups in total. The molecule has 0 aliphatic carbocycles. The van der Waals surface area contributed by atoms with E-state index in [0.717, 1.165) is 24.2 Å². The van der Waals surface area contributed by atoms with Crippen molar-refractivity contribution in [3.05, 3.63) is 42.2 Å². The number of benzene rings is 1. The zero-order chi connectivity index (χ0) is 13.8. The monoisotopic (exact) mass is 268 g/mol. The smallest absolute Gasteiger partial charge is 0.191 e. The summed E-state index contributed by atoms with van der Waals surface area (Å²) in [6.07, 6.45) is 5.56. The molecule has 3 rings (SSSR count). The lowest BCUT2D eigenvalue weighted by Gasteiger charge is -2.27. The molecule has 0 saturated carbocycles. The molecule has 1 saturated heterocycles. The number of aromatic nitrogens is 1. The number of hydrogen-bond donors (Lipinski definition) is 1. The highest BCUT2D eigenvalue weighted by atomic mass is 15.3. The maximum atomic E-state index is 6.09. The van der Waals surface area contributed by atoms with Gasteiger partial charge >= 0.3 is 0 Å². The van der Waals surface area contributed by atoms with Gasteiger partial charge in [-0.25, -0.2) is 4.99 Å². The minimum atomic E-state index is 0.545. The highest BCUT2D eigenvalue weighted by Crippen LogP contribution is 2.17. The lowest BCUT2D eigenvalue weighted by atomic mass is 10.1.